The fourth-order valence-electron chi connectivity index (χ4n) is 2.07. The fourth-order valence-corrected chi connectivity index (χ4v) is 4.15. The largest absolute Gasteiger partial charge is 0.335 e. The molecule has 0 N–H and O–H groups in total. The van der Waals surface area contributed by atoms with Gasteiger partial charge in [0.15, 0.2) is 9.84 Å². The van der Waals surface area contributed by atoms with Crippen LogP contribution in [0.3, 0.4) is 0 Å². The Bertz CT molecular complexity index is 829. The molecule has 23 heavy (non-hydrogen) atoms. The number of sulfone groups is 1. The first-order chi connectivity index (χ1) is 10.6. The Balaban J connectivity index is 2.24. The van der Waals surface area contributed by atoms with E-state index in [0.717, 1.165) is 23.2 Å². The van der Waals surface area contributed by atoms with Crippen LogP contribution in [0.4, 0.5) is 0 Å². The van der Waals surface area contributed by atoms with Crippen molar-refractivity contribution in [1.29, 1.82) is 0 Å². The highest BCUT2D eigenvalue weighted by atomic mass is 35.5. The van der Waals surface area contributed by atoms with Crippen LogP contribution in [0.2, 0.25) is 8.67 Å². The number of hydrogen-bond acceptors (Lipinski definition) is 4. The van der Waals surface area contributed by atoms with Crippen LogP contribution < -0.4 is 0 Å². The number of carbonyl (C=O) groups excluding carboxylic acids is 1. The zero-order valence-corrected chi connectivity index (χ0v) is 15.9. The van der Waals surface area contributed by atoms with E-state index in [2.05, 4.69) is 0 Å². The second kappa shape index (κ2) is 6.81. The molecule has 8 heteroatoms. The predicted molar refractivity (Wildman–Crippen MR) is 94.4 cm³/mol. The summed E-state index contributed by atoms with van der Waals surface area (Å²) in [5, 5.41) is 0. The van der Waals surface area contributed by atoms with Crippen molar-refractivity contribution in [1.82, 2.24) is 4.90 Å². The van der Waals surface area contributed by atoms with Gasteiger partial charge in [0, 0.05) is 13.3 Å². The second-order valence-corrected chi connectivity index (χ2v) is 9.47. The molecule has 1 unspecified atom stereocenters. The van der Waals surface area contributed by atoms with E-state index in [1.165, 1.54) is 12.1 Å². The summed E-state index contributed by atoms with van der Waals surface area (Å²) in [6.45, 7) is 1.86. The summed E-state index contributed by atoms with van der Waals surface area (Å²) in [5.74, 6) is -0.238. The summed E-state index contributed by atoms with van der Waals surface area (Å²) in [6, 6.07) is 7.78. The van der Waals surface area contributed by atoms with E-state index in [-0.39, 0.29) is 16.8 Å². The second-order valence-electron chi connectivity index (χ2n) is 5.17. The Morgan fingerprint density at radius 2 is 1.78 bits per heavy atom. The van der Waals surface area contributed by atoms with Crippen LogP contribution in [0.25, 0.3) is 0 Å². The molecule has 0 aliphatic heterocycles. The number of amides is 1. The van der Waals surface area contributed by atoms with Crippen LogP contribution >= 0.6 is 34.5 Å². The van der Waals surface area contributed by atoms with E-state index in [1.807, 2.05) is 6.92 Å². The zero-order valence-electron chi connectivity index (χ0n) is 12.7. The molecule has 0 aliphatic rings. The van der Waals surface area contributed by atoms with E-state index >= 15 is 0 Å². The highest BCUT2D eigenvalue weighted by Crippen LogP contribution is 2.33. The smallest absolute Gasteiger partial charge is 0.256 e. The third-order valence-electron chi connectivity index (χ3n) is 3.58. The van der Waals surface area contributed by atoms with Crippen LogP contribution in [0.15, 0.2) is 35.2 Å². The molecule has 1 atom stereocenters. The minimum absolute atomic E-state index is 0.238. The summed E-state index contributed by atoms with van der Waals surface area (Å²) in [4.78, 5) is 14.3. The molecule has 4 nitrogen and oxygen atoms in total. The van der Waals surface area contributed by atoms with Gasteiger partial charge in [0.05, 0.1) is 20.8 Å². The number of nitrogens with zero attached hydrogens (tertiary/aromatic N) is 1. The quantitative estimate of drug-likeness (QED) is 0.780. The lowest BCUT2D eigenvalue weighted by atomic mass is 10.1. The minimum atomic E-state index is -3.24. The third-order valence-corrected chi connectivity index (χ3v) is 6.20. The highest BCUT2D eigenvalue weighted by Gasteiger charge is 2.23. The molecule has 1 aromatic heterocycles. The number of benzene rings is 1. The molecular weight excluding hydrogens is 377 g/mol. The number of rotatable bonds is 4. The van der Waals surface area contributed by atoms with Crippen molar-refractivity contribution in [2.45, 2.75) is 17.9 Å². The minimum Gasteiger partial charge on any atom is -0.335 e. The zero-order chi connectivity index (χ0) is 17.4. The molecule has 0 bridgehead atoms. The maximum atomic E-state index is 12.5. The molecule has 0 fully saturated rings. The fraction of sp³-hybridized carbons (Fsp3) is 0.267. The Morgan fingerprint density at radius 3 is 2.22 bits per heavy atom. The molecular formula is C15H15Cl2NO3S2. The van der Waals surface area contributed by atoms with E-state index in [9.17, 15) is 13.2 Å². The Kier molecular flexibility index (Phi) is 5.41. The van der Waals surface area contributed by atoms with Crippen molar-refractivity contribution >= 4 is 50.3 Å². The molecule has 0 saturated carbocycles. The lowest BCUT2D eigenvalue weighted by Crippen LogP contribution is -2.29. The molecule has 0 radical (unpaired) electrons. The first-order valence-electron chi connectivity index (χ1n) is 6.63. The molecule has 1 aromatic carbocycles. The first kappa shape index (κ1) is 18.3. The van der Waals surface area contributed by atoms with E-state index in [1.54, 1.807) is 30.1 Å². The van der Waals surface area contributed by atoms with Gasteiger partial charge in [-0.25, -0.2) is 8.42 Å². The molecule has 2 rings (SSSR count). The molecule has 1 amide bonds. The maximum Gasteiger partial charge on any atom is 0.256 e. The Morgan fingerprint density at radius 1 is 1.22 bits per heavy atom. The van der Waals surface area contributed by atoms with Gasteiger partial charge < -0.3 is 4.90 Å². The van der Waals surface area contributed by atoms with Gasteiger partial charge in [0.25, 0.3) is 5.91 Å². The topological polar surface area (TPSA) is 54.5 Å². The predicted octanol–water partition coefficient (Wildman–Crippen LogP) is 4.29. The van der Waals surface area contributed by atoms with Crippen molar-refractivity contribution in [3.05, 3.63) is 50.1 Å². The molecule has 0 aliphatic carbocycles. The van der Waals surface area contributed by atoms with Crippen LogP contribution in [-0.2, 0) is 9.84 Å². The number of hydrogen-bond donors (Lipinski definition) is 0. The molecule has 1 heterocycles. The van der Waals surface area contributed by atoms with Gasteiger partial charge >= 0.3 is 0 Å². The van der Waals surface area contributed by atoms with Gasteiger partial charge in [0.2, 0.25) is 0 Å². The van der Waals surface area contributed by atoms with E-state index in [4.69, 9.17) is 23.2 Å². The van der Waals surface area contributed by atoms with Gasteiger partial charge in [-0.1, -0.05) is 35.3 Å². The summed E-state index contributed by atoms with van der Waals surface area (Å²) in [6.07, 6.45) is 1.16. The van der Waals surface area contributed by atoms with Crippen LogP contribution in [0.5, 0.6) is 0 Å². The van der Waals surface area contributed by atoms with Crippen LogP contribution in [0.1, 0.15) is 28.9 Å². The van der Waals surface area contributed by atoms with E-state index in [0.29, 0.717) is 14.2 Å². The SMILES string of the molecule is CC(c1ccc(S(C)(=O)=O)cc1)N(C)C(=O)c1cc(Cl)sc1Cl. The van der Waals surface area contributed by atoms with Gasteiger partial charge in [-0.2, -0.15) is 0 Å². The van der Waals surface area contributed by atoms with Crippen LogP contribution in [-0.4, -0.2) is 32.5 Å². The van der Waals surface area contributed by atoms with Crippen molar-refractivity contribution in [2.24, 2.45) is 0 Å². The normalized spacial score (nSPS) is 12.9. The van der Waals surface area contributed by atoms with Crippen molar-refractivity contribution in [3.8, 4) is 0 Å². The van der Waals surface area contributed by atoms with Crippen molar-refractivity contribution in [3.63, 3.8) is 0 Å². The number of carbonyl (C=O) groups is 1. The van der Waals surface area contributed by atoms with Gasteiger partial charge in [-0.15, -0.1) is 11.3 Å². The van der Waals surface area contributed by atoms with Gasteiger partial charge in [-0.05, 0) is 30.7 Å². The molecule has 124 valence electrons. The number of halogens is 2. The lowest BCUT2D eigenvalue weighted by Gasteiger charge is -2.25. The third kappa shape index (κ3) is 4.07. The summed E-state index contributed by atoms with van der Waals surface area (Å²) in [7, 11) is -1.57. The Hall–Kier alpha value is -1.08. The average molecular weight is 392 g/mol. The van der Waals surface area contributed by atoms with Crippen molar-refractivity contribution < 1.29 is 13.2 Å². The molecule has 0 spiro atoms. The standard InChI is InChI=1S/C15H15Cl2NO3S2/c1-9(10-4-6-11(7-5-10)23(3,20)21)18(2)15(19)12-8-13(16)22-14(12)17/h4-9H,1-3H3. The summed E-state index contributed by atoms with van der Waals surface area (Å²) < 4.78 is 23.8. The number of thiophene rings is 1. The van der Waals surface area contributed by atoms with E-state index < -0.39 is 9.84 Å². The van der Waals surface area contributed by atoms with Gasteiger partial charge in [-0.3, -0.25) is 4.79 Å². The molecule has 2 aromatic rings. The monoisotopic (exact) mass is 391 g/mol. The summed E-state index contributed by atoms with van der Waals surface area (Å²) >= 11 is 13.0. The Labute approximate surface area is 149 Å². The van der Waals surface area contributed by atoms with Crippen molar-refractivity contribution in [2.75, 3.05) is 13.3 Å². The average Bonchev–Trinajstić information content (AvgIpc) is 2.83. The lowest BCUT2D eigenvalue weighted by molar-refractivity contribution is 0.0743. The van der Waals surface area contributed by atoms with Gasteiger partial charge in [0.1, 0.15) is 4.34 Å². The molecule has 0 saturated heterocycles. The highest BCUT2D eigenvalue weighted by molar-refractivity contribution is 7.90. The first-order valence-corrected chi connectivity index (χ1v) is 10.1. The van der Waals surface area contributed by atoms with Crippen LogP contribution in [0, 0.1) is 0 Å². The maximum absolute atomic E-state index is 12.5. The summed E-state index contributed by atoms with van der Waals surface area (Å²) in [5.41, 5.74) is 1.19.